The van der Waals surface area contributed by atoms with E-state index in [2.05, 4.69) is 19.9 Å². The molecule has 0 spiro atoms. The second-order valence-corrected chi connectivity index (χ2v) is 3.01. The fourth-order valence-corrected chi connectivity index (χ4v) is 1.18. The lowest BCUT2D eigenvalue weighted by molar-refractivity contribution is 1.00. The van der Waals surface area contributed by atoms with Crippen LogP contribution in [-0.2, 0) is 0 Å². The Labute approximate surface area is 79.6 Å². The van der Waals surface area contributed by atoms with Crippen molar-refractivity contribution in [3.05, 3.63) is 22.9 Å². The van der Waals surface area contributed by atoms with Crippen molar-refractivity contribution in [2.24, 2.45) is 0 Å². The monoisotopic (exact) mass is 191 g/mol. The van der Waals surface area contributed by atoms with Gasteiger partial charge in [0.1, 0.15) is 5.52 Å². The van der Waals surface area contributed by atoms with E-state index in [1.165, 1.54) is 6.20 Å². The Morgan fingerprint density at radius 3 is 2.71 bits per heavy atom. The van der Waals surface area contributed by atoms with Gasteiger partial charge >= 0.3 is 5.69 Å². The first-order valence-corrected chi connectivity index (χ1v) is 4.07. The summed E-state index contributed by atoms with van der Waals surface area (Å²) in [5, 5.41) is 0. The lowest BCUT2D eigenvalue weighted by Crippen LogP contribution is -2.19. The summed E-state index contributed by atoms with van der Waals surface area (Å²) >= 11 is 0. The minimum absolute atomic E-state index is 0.415. The second-order valence-electron chi connectivity index (χ2n) is 3.01. The highest BCUT2D eigenvalue weighted by Crippen LogP contribution is 2.14. The smallest absolute Gasteiger partial charge is 0.348 e. The fraction of sp³-hybridized carbons (Fsp3) is 0.250. The predicted molar refractivity (Wildman–Crippen MR) is 52.3 cm³/mol. The van der Waals surface area contributed by atoms with Crippen molar-refractivity contribution in [1.29, 1.82) is 0 Å². The minimum Gasteiger partial charge on any atom is -0.361 e. The molecule has 1 N–H and O–H groups in total. The normalized spacial score (nSPS) is 10.4. The van der Waals surface area contributed by atoms with E-state index >= 15 is 0 Å². The van der Waals surface area contributed by atoms with Gasteiger partial charge in [-0.05, 0) is 0 Å². The maximum Gasteiger partial charge on any atom is 0.348 e. The largest absolute Gasteiger partial charge is 0.361 e. The summed E-state index contributed by atoms with van der Waals surface area (Å²) in [7, 11) is 3.60. The molecule has 6 heteroatoms. The Balaban J connectivity index is 2.87. The van der Waals surface area contributed by atoms with Crippen LogP contribution in [0, 0.1) is 0 Å². The van der Waals surface area contributed by atoms with Gasteiger partial charge in [-0.25, -0.2) is 14.8 Å². The molecule has 0 aliphatic rings. The Hall–Kier alpha value is -1.98. The van der Waals surface area contributed by atoms with Crippen LogP contribution in [0.4, 0.5) is 5.82 Å². The van der Waals surface area contributed by atoms with E-state index in [0.29, 0.717) is 17.0 Å². The molecule has 0 saturated heterocycles. The summed E-state index contributed by atoms with van der Waals surface area (Å²) in [4.78, 5) is 27.3. The van der Waals surface area contributed by atoms with Crippen LogP contribution in [0.2, 0.25) is 0 Å². The molecule has 0 saturated carbocycles. The van der Waals surface area contributed by atoms with Gasteiger partial charge in [-0.1, -0.05) is 0 Å². The molecule has 2 heterocycles. The highest BCUT2D eigenvalue weighted by atomic mass is 16.1. The SMILES string of the molecule is CN(C)c1nc(=O)[nH]c2nccnc12. The number of fused-ring (bicyclic) bond motifs is 1. The number of nitrogens with zero attached hydrogens (tertiary/aromatic N) is 4. The molecular weight excluding hydrogens is 182 g/mol. The first kappa shape index (κ1) is 8.61. The molecule has 0 unspecified atom stereocenters. The van der Waals surface area contributed by atoms with E-state index in [-0.39, 0.29) is 0 Å². The van der Waals surface area contributed by atoms with E-state index in [4.69, 9.17) is 0 Å². The first-order chi connectivity index (χ1) is 6.68. The van der Waals surface area contributed by atoms with Gasteiger partial charge in [0.05, 0.1) is 0 Å². The van der Waals surface area contributed by atoms with Gasteiger partial charge < -0.3 is 4.90 Å². The van der Waals surface area contributed by atoms with Gasteiger partial charge in [0.2, 0.25) is 0 Å². The zero-order valence-electron chi connectivity index (χ0n) is 7.85. The van der Waals surface area contributed by atoms with Crippen LogP contribution in [0.5, 0.6) is 0 Å². The molecule has 0 amide bonds. The Morgan fingerprint density at radius 2 is 2.00 bits per heavy atom. The number of H-pyrrole nitrogens is 1. The van der Waals surface area contributed by atoms with Crippen molar-refractivity contribution in [2.75, 3.05) is 19.0 Å². The zero-order valence-corrected chi connectivity index (χ0v) is 7.85. The fourth-order valence-electron chi connectivity index (χ4n) is 1.18. The predicted octanol–water partition coefficient (Wildman–Crippen LogP) is -0.221. The van der Waals surface area contributed by atoms with E-state index in [9.17, 15) is 4.79 Å². The van der Waals surface area contributed by atoms with Crippen molar-refractivity contribution >= 4 is 17.0 Å². The maximum atomic E-state index is 11.1. The molecular formula is C8H9N5O. The lowest BCUT2D eigenvalue weighted by Gasteiger charge is -2.11. The van der Waals surface area contributed by atoms with Gasteiger partial charge in [-0.2, -0.15) is 4.98 Å². The lowest BCUT2D eigenvalue weighted by atomic mass is 10.4. The van der Waals surface area contributed by atoms with Gasteiger partial charge in [-0.15, -0.1) is 0 Å². The Morgan fingerprint density at radius 1 is 1.29 bits per heavy atom. The summed E-state index contributed by atoms with van der Waals surface area (Å²) < 4.78 is 0. The maximum absolute atomic E-state index is 11.1. The molecule has 2 aromatic rings. The molecule has 0 fully saturated rings. The molecule has 72 valence electrons. The molecule has 6 nitrogen and oxygen atoms in total. The molecule has 2 rings (SSSR count). The topological polar surface area (TPSA) is 74.8 Å². The van der Waals surface area contributed by atoms with Crippen LogP contribution < -0.4 is 10.6 Å². The molecule has 0 radical (unpaired) electrons. The van der Waals surface area contributed by atoms with Gasteiger partial charge in [0.25, 0.3) is 0 Å². The van der Waals surface area contributed by atoms with Crippen molar-refractivity contribution < 1.29 is 0 Å². The quantitative estimate of drug-likeness (QED) is 0.674. The zero-order chi connectivity index (χ0) is 10.1. The standard InChI is InChI=1S/C8H9N5O/c1-13(2)7-5-6(10-4-3-9-5)11-8(14)12-7/h3-4H,1-2H3,(H,10,11,12,14). The van der Waals surface area contributed by atoms with Crippen molar-refractivity contribution in [2.45, 2.75) is 0 Å². The van der Waals surface area contributed by atoms with Gasteiger partial charge in [0.15, 0.2) is 11.5 Å². The van der Waals surface area contributed by atoms with E-state index in [1.807, 2.05) is 0 Å². The second kappa shape index (κ2) is 3.06. The molecule has 0 aliphatic heterocycles. The number of hydrogen-bond donors (Lipinski definition) is 1. The summed E-state index contributed by atoms with van der Waals surface area (Å²) in [6.07, 6.45) is 3.09. The van der Waals surface area contributed by atoms with Crippen LogP contribution in [-0.4, -0.2) is 34.0 Å². The third-order valence-corrected chi connectivity index (χ3v) is 1.77. The van der Waals surface area contributed by atoms with Crippen molar-refractivity contribution in [3.63, 3.8) is 0 Å². The summed E-state index contributed by atoms with van der Waals surface area (Å²) in [6.45, 7) is 0. The Kier molecular flexibility index (Phi) is 1.88. The number of nitrogens with one attached hydrogen (secondary N) is 1. The molecule has 0 aromatic carbocycles. The van der Waals surface area contributed by atoms with Gasteiger partial charge in [-0.3, -0.25) is 4.98 Å². The number of aromatic amines is 1. The average molecular weight is 191 g/mol. The average Bonchev–Trinajstić information content (AvgIpc) is 2.16. The number of aromatic nitrogens is 4. The number of hydrogen-bond acceptors (Lipinski definition) is 5. The van der Waals surface area contributed by atoms with Crippen LogP contribution in [0.1, 0.15) is 0 Å². The number of anilines is 1. The highest BCUT2D eigenvalue weighted by molar-refractivity contribution is 5.81. The highest BCUT2D eigenvalue weighted by Gasteiger charge is 2.07. The molecule has 0 bridgehead atoms. The Bertz CT molecular complexity index is 518. The summed E-state index contributed by atoms with van der Waals surface area (Å²) in [5.74, 6) is 0.525. The van der Waals surface area contributed by atoms with Crippen LogP contribution >= 0.6 is 0 Å². The van der Waals surface area contributed by atoms with E-state index < -0.39 is 5.69 Å². The minimum atomic E-state index is -0.415. The molecule has 0 aliphatic carbocycles. The summed E-state index contributed by atoms with van der Waals surface area (Å²) in [6, 6.07) is 0. The van der Waals surface area contributed by atoms with Crippen LogP contribution in [0.15, 0.2) is 17.2 Å². The van der Waals surface area contributed by atoms with Gasteiger partial charge in [0, 0.05) is 26.5 Å². The van der Waals surface area contributed by atoms with E-state index in [0.717, 1.165) is 0 Å². The number of rotatable bonds is 1. The van der Waals surface area contributed by atoms with Crippen LogP contribution in [0.25, 0.3) is 11.2 Å². The van der Waals surface area contributed by atoms with Crippen molar-refractivity contribution in [1.82, 2.24) is 19.9 Å². The molecule has 2 aromatic heterocycles. The third-order valence-electron chi connectivity index (χ3n) is 1.77. The molecule has 0 atom stereocenters. The first-order valence-electron chi connectivity index (χ1n) is 4.07. The molecule has 14 heavy (non-hydrogen) atoms. The van der Waals surface area contributed by atoms with Crippen molar-refractivity contribution in [3.8, 4) is 0 Å². The third kappa shape index (κ3) is 1.30. The summed E-state index contributed by atoms with van der Waals surface area (Å²) in [5.41, 5.74) is 0.634. The van der Waals surface area contributed by atoms with Crippen LogP contribution in [0.3, 0.4) is 0 Å². The van der Waals surface area contributed by atoms with E-state index in [1.54, 1.807) is 25.2 Å².